The number of rotatable bonds is 9. The molecule has 3 atom stereocenters. The molecule has 3 N–H and O–H groups in total. The Hall–Kier alpha value is -3.35. The van der Waals surface area contributed by atoms with Crippen molar-refractivity contribution in [3.8, 4) is 11.1 Å². The number of benzene rings is 2. The number of hydrogen-bond acceptors (Lipinski definition) is 4. The first-order chi connectivity index (χ1) is 16.9. The molecular formula is C28H34N2O5. The molecule has 2 amide bonds. The van der Waals surface area contributed by atoms with E-state index in [0.29, 0.717) is 13.0 Å². The van der Waals surface area contributed by atoms with Crippen LogP contribution in [0.15, 0.2) is 48.5 Å². The quantitative estimate of drug-likeness (QED) is 0.485. The number of carboxylic acid groups (broad SMARTS) is 1. The van der Waals surface area contributed by atoms with Gasteiger partial charge in [-0.1, -0.05) is 68.3 Å². The van der Waals surface area contributed by atoms with Crippen molar-refractivity contribution in [2.24, 2.45) is 11.8 Å². The molecule has 0 bridgehead atoms. The van der Waals surface area contributed by atoms with Gasteiger partial charge in [-0.05, 0) is 47.4 Å². The summed E-state index contributed by atoms with van der Waals surface area (Å²) in [4.78, 5) is 36.1. The van der Waals surface area contributed by atoms with Crippen molar-refractivity contribution in [3.05, 3.63) is 59.7 Å². The Labute approximate surface area is 206 Å². The van der Waals surface area contributed by atoms with E-state index in [2.05, 4.69) is 34.9 Å². The summed E-state index contributed by atoms with van der Waals surface area (Å²) in [5.41, 5.74) is 4.69. The number of hydrogen-bond donors (Lipinski definition) is 3. The van der Waals surface area contributed by atoms with E-state index >= 15 is 0 Å². The number of aliphatic carboxylic acids is 1. The Balaban J connectivity index is 1.22. The number of alkyl carbamates (subject to hydrolysis) is 1. The fourth-order valence-electron chi connectivity index (χ4n) is 5.36. The number of nitrogens with one attached hydrogen (secondary N) is 2. The van der Waals surface area contributed by atoms with Crippen LogP contribution in [0.3, 0.4) is 0 Å². The Bertz CT molecular complexity index is 1020. The van der Waals surface area contributed by atoms with Gasteiger partial charge in [0.2, 0.25) is 5.91 Å². The molecular weight excluding hydrogens is 444 g/mol. The zero-order valence-corrected chi connectivity index (χ0v) is 20.2. The molecule has 1 unspecified atom stereocenters. The summed E-state index contributed by atoms with van der Waals surface area (Å²) < 4.78 is 5.55. The molecule has 186 valence electrons. The molecule has 7 nitrogen and oxygen atoms in total. The second kappa shape index (κ2) is 11.4. The predicted octanol–water partition coefficient (Wildman–Crippen LogP) is 4.70. The van der Waals surface area contributed by atoms with Crippen LogP contribution < -0.4 is 10.6 Å². The van der Waals surface area contributed by atoms with E-state index in [1.165, 1.54) is 11.1 Å². The van der Waals surface area contributed by atoms with Crippen LogP contribution in [0.1, 0.15) is 62.5 Å². The number of carboxylic acids is 1. The lowest BCUT2D eigenvalue weighted by atomic mass is 9.82. The van der Waals surface area contributed by atoms with E-state index in [-0.39, 0.29) is 42.7 Å². The van der Waals surface area contributed by atoms with Gasteiger partial charge in [0.25, 0.3) is 0 Å². The lowest BCUT2D eigenvalue weighted by Gasteiger charge is -2.32. The van der Waals surface area contributed by atoms with Gasteiger partial charge >= 0.3 is 12.1 Å². The van der Waals surface area contributed by atoms with E-state index in [0.717, 1.165) is 36.8 Å². The number of ether oxygens (including phenoxy) is 1. The fraction of sp³-hybridized carbons (Fsp3) is 0.464. The lowest BCUT2D eigenvalue weighted by molar-refractivity contribution is -0.139. The molecule has 2 aromatic carbocycles. The molecule has 2 aliphatic carbocycles. The highest BCUT2D eigenvalue weighted by Gasteiger charge is 2.30. The third kappa shape index (κ3) is 6.02. The minimum absolute atomic E-state index is 0.00657. The summed E-state index contributed by atoms with van der Waals surface area (Å²) in [5, 5.41) is 14.9. The summed E-state index contributed by atoms with van der Waals surface area (Å²) in [6, 6.07) is 16.3. The zero-order chi connectivity index (χ0) is 24.8. The second-order valence-corrected chi connectivity index (χ2v) is 9.70. The second-order valence-electron chi connectivity index (χ2n) is 9.70. The maximum atomic E-state index is 12.6. The van der Waals surface area contributed by atoms with Crippen molar-refractivity contribution in [2.45, 2.75) is 57.4 Å². The first kappa shape index (κ1) is 24.8. The summed E-state index contributed by atoms with van der Waals surface area (Å²) in [6.07, 6.45) is 3.72. The molecule has 1 fully saturated rings. The monoisotopic (exact) mass is 478 g/mol. The Kier molecular flexibility index (Phi) is 8.06. The first-order valence-electron chi connectivity index (χ1n) is 12.5. The Morgan fingerprint density at radius 1 is 1.00 bits per heavy atom. The third-order valence-electron chi connectivity index (χ3n) is 7.31. The van der Waals surface area contributed by atoms with Gasteiger partial charge in [-0.25, -0.2) is 4.79 Å². The van der Waals surface area contributed by atoms with Gasteiger partial charge in [0.15, 0.2) is 0 Å². The fourth-order valence-corrected chi connectivity index (χ4v) is 5.36. The lowest BCUT2D eigenvalue weighted by Crippen LogP contribution is -2.45. The van der Waals surface area contributed by atoms with Crippen LogP contribution in [-0.2, 0) is 14.3 Å². The Morgan fingerprint density at radius 3 is 2.29 bits per heavy atom. The zero-order valence-electron chi connectivity index (χ0n) is 20.2. The van der Waals surface area contributed by atoms with Crippen molar-refractivity contribution >= 4 is 18.0 Å². The van der Waals surface area contributed by atoms with Gasteiger partial charge < -0.3 is 20.5 Å². The predicted molar refractivity (Wildman–Crippen MR) is 133 cm³/mol. The highest BCUT2D eigenvalue weighted by Crippen LogP contribution is 2.44. The van der Waals surface area contributed by atoms with Gasteiger partial charge in [0.05, 0.1) is 6.42 Å². The van der Waals surface area contributed by atoms with Crippen LogP contribution >= 0.6 is 0 Å². The molecule has 0 aromatic heterocycles. The van der Waals surface area contributed by atoms with Crippen LogP contribution in [0.25, 0.3) is 11.1 Å². The Morgan fingerprint density at radius 2 is 1.63 bits per heavy atom. The number of fused-ring (bicyclic) bond motifs is 3. The molecule has 0 radical (unpaired) electrons. The highest BCUT2D eigenvalue weighted by atomic mass is 16.5. The van der Waals surface area contributed by atoms with E-state index in [9.17, 15) is 14.4 Å². The van der Waals surface area contributed by atoms with Crippen molar-refractivity contribution in [3.63, 3.8) is 0 Å². The molecule has 4 rings (SSSR count). The third-order valence-corrected chi connectivity index (χ3v) is 7.31. The summed E-state index contributed by atoms with van der Waals surface area (Å²) in [5.74, 6) is -1.22. The van der Waals surface area contributed by atoms with Crippen LogP contribution in [-0.4, -0.2) is 42.3 Å². The van der Waals surface area contributed by atoms with Gasteiger partial charge in [0.1, 0.15) is 6.61 Å². The van der Waals surface area contributed by atoms with E-state index in [1.807, 2.05) is 31.2 Å². The first-order valence-corrected chi connectivity index (χ1v) is 12.5. The number of carbonyl (C=O) groups is 3. The molecule has 1 saturated carbocycles. The molecule has 0 spiro atoms. The maximum Gasteiger partial charge on any atom is 0.407 e. The summed E-state index contributed by atoms with van der Waals surface area (Å²) in [6.45, 7) is 2.40. The van der Waals surface area contributed by atoms with Crippen molar-refractivity contribution in [1.82, 2.24) is 10.6 Å². The van der Waals surface area contributed by atoms with Crippen molar-refractivity contribution < 1.29 is 24.2 Å². The molecule has 2 aliphatic rings. The highest BCUT2D eigenvalue weighted by molar-refractivity contribution is 5.80. The topological polar surface area (TPSA) is 105 Å². The minimum atomic E-state index is -0.823. The van der Waals surface area contributed by atoms with Gasteiger partial charge in [-0.2, -0.15) is 0 Å². The number of amides is 2. The molecule has 2 aromatic rings. The molecule has 0 saturated heterocycles. The van der Waals surface area contributed by atoms with E-state index in [4.69, 9.17) is 9.84 Å². The minimum Gasteiger partial charge on any atom is -0.481 e. The maximum absolute atomic E-state index is 12.6. The summed E-state index contributed by atoms with van der Waals surface area (Å²) >= 11 is 0. The number of carbonyl (C=O) groups excluding carboxylic acids is 2. The SMILES string of the molecule is CC(CCNC(=O)OCC1c2ccccc2-c2ccccc21)C(=O)N[C@@H]1CCCC[C@@H]1CC(=O)O. The van der Waals surface area contributed by atoms with Crippen molar-refractivity contribution in [1.29, 1.82) is 0 Å². The molecule has 35 heavy (non-hydrogen) atoms. The normalized spacial score (nSPS) is 19.8. The molecule has 7 heteroatoms. The van der Waals surface area contributed by atoms with Crippen molar-refractivity contribution in [2.75, 3.05) is 13.2 Å². The van der Waals surface area contributed by atoms with Gasteiger partial charge in [-0.3, -0.25) is 9.59 Å². The van der Waals surface area contributed by atoms with Crippen LogP contribution in [0, 0.1) is 11.8 Å². The van der Waals surface area contributed by atoms with E-state index < -0.39 is 12.1 Å². The van der Waals surface area contributed by atoms with Gasteiger partial charge in [-0.15, -0.1) is 0 Å². The average molecular weight is 479 g/mol. The molecule has 0 heterocycles. The van der Waals surface area contributed by atoms with Gasteiger partial charge in [0, 0.05) is 24.4 Å². The molecule has 0 aliphatic heterocycles. The van der Waals surface area contributed by atoms with Crippen LogP contribution in [0.4, 0.5) is 4.79 Å². The van der Waals surface area contributed by atoms with Crippen LogP contribution in [0.2, 0.25) is 0 Å². The smallest absolute Gasteiger partial charge is 0.407 e. The summed E-state index contributed by atoms with van der Waals surface area (Å²) in [7, 11) is 0. The standard InChI is InChI=1S/C28H34N2O5/c1-18(27(33)30-25-13-7-2-8-19(25)16-26(31)32)14-15-29-28(34)35-17-24-22-11-5-3-9-20(22)21-10-4-6-12-23(21)24/h3-6,9-12,18-19,24-25H,2,7-8,13-17H2,1H3,(H,29,34)(H,30,33)(H,31,32)/t18?,19-,25-/m1/s1. The van der Waals surface area contributed by atoms with E-state index in [1.54, 1.807) is 0 Å². The van der Waals surface area contributed by atoms with Crippen LogP contribution in [0.5, 0.6) is 0 Å². The largest absolute Gasteiger partial charge is 0.481 e. The average Bonchev–Trinajstić information content (AvgIpc) is 3.17.